The Labute approximate surface area is 56.8 Å². The van der Waals surface area contributed by atoms with Crippen molar-refractivity contribution in [3.63, 3.8) is 0 Å². The molecule has 0 aromatic carbocycles. The van der Waals surface area contributed by atoms with Crippen LogP contribution in [-0.4, -0.2) is 29.4 Å². The van der Waals surface area contributed by atoms with E-state index in [0.717, 1.165) is 0 Å². The molecular weight excluding hydrogens is 146 g/mol. The second-order valence-corrected chi connectivity index (χ2v) is 1.57. The highest BCUT2D eigenvalue weighted by Crippen LogP contribution is 1.72. The Hall–Kier alpha value is -0.770. The molecule has 0 unspecified atom stereocenters. The Morgan fingerprint density at radius 1 is 1.56 bits per heavy atom. The summed E-state index contributed by atoms with van der Waals surface area (Å²) in [5.41, 5.74) is 0. The Morgan fingerprint density at radius 2 is 2.11 bits per heavy atom. The van der Waals surface area contributed by atoms with Gasteiger partial charge in [0.25, 0.3) is 0 Å². The van der Waals surface area contributed by atoms with E-state index in [1.807, 2.05) is 0 Å². The van der Waals surface area contributed by atoms with Crippen molar-refractivity contribution in [1.29, 1.82) is 0 Å². The zero-order valence-corrected chi connectivity index (χ0v) is 5.31. The third-order valence-corrected chi connectivity index (χ3v) is 0.801. The summed E-state index contributed by atoms with van der Waals surface area (Å²) in [6.07, 6.45) is 0. The molecule has 4 nitrogen and oxygen atoms in total. The number of nitrogens with one attached hydrogen (secondary N) is 1. The minimum atomic E-state index is -1.08. The van der Waals surface area contributed by atoms with Crippen LogP contribution in [0.25, 0.3) is 0 Å². The zero-order valence-electron chi connectivity index (χ0n) is 4.56. The lowest BCUT2D eigenvalue weighted by molar-refractivity contribution is -0.137. The van der Waals surface area contributed by atoms with E-state index in [-0.39, 0.29) is 12.4 Å². The molecule has 0 saturated heterocycles. The summed E-state index contributed by atoms with van der Waals surface area (Å²) in [6, 6.07) is 0. The maximum Gasteiger partial charge on any atom is 0.322 e. The quantitative estimate of drug-likeness (QED) is 0.531. The van der Waals surface area contributed by atoms with Crippen molar-refractivity contribution in [2.45, 2.75) is 0 Å². The molecule has 0 spiro atoms. The van der Waals surface area contributed by atoms with Crippen LogP contribution >= 0.6 is 11.6 Å². The van der Waals surface area contributed by atoms with Gasteiger partial charge in [-0.1, -0.05) is 0 Å². The van der Waals surface area contributed by atoms with Crippen molar-refractivity contribution in [2.75, 3.05) is 12.4 Å². The van der Waals surface area contributed by atoms with Gasteiger partial charge in [0.1, 0.15) is 12.4 Å². The maximum atomic E-state index is 10.2. The lowest BCUT2D eigenvalue weighted by Gasteiger charge is -1.94. The van der Waals surface area contributed by atoms with E-state index in [1.165, 1.54) is 0 Å². The standard InChI is InChI=1S/C4H6ClNO3/c5-1-3(7)6-2-4(8)9/h1-2H2,(H,6,7)(H,8,9). The molecule has 0 aliphatic heterocycles. The fraction of sp³-hybridized carbons (Fsp3) is 0.500. The van der Waals surface area contributed by atoms with Crippen LogP contribution in [0.1, 0.15) is 0 Å². The second kappa shape index (κ2) is 4.14. The van der Waals surface area contributed by atoms with Crippen LogP contribution in [0.3, 0.4) is 0 Å². The number of carbonyl (C=O) groups is 2. The first kappa shape index (κ1) is 8.23. The van der Waals surface area contributed by atoms with E-state index in [4.69, 9.17) is 16.7 Å². The molecule has 2 N–H and O–H groups in total. The minimum absolute atomic E-state index is 0.201. The monoisotopic (exact) mass is 151 g/mol. The molecule has 0 heterocycles. The van der Waals surface area contributed by atoms with Gasteiger partial charge in [-0.2, -0.15) is 0 Å². The number of amides is 1. The number of hydrogen-bond acceptors (Lipinski definition) is 2. The predicted octanol–water partition coefficient (Wildman–Crippen LogP) is -0.574. The number of alkyl halides is 1. The van der Waals surface area contributed by atoms with Crippen LogP contribution in [0.5, 0.6) is 0 Å². The Bertz CT molecular complexity index is 125. The number of rotatable bonds is 3. The van der Waals surface area contributed by atoms with E-state index in [2.05, 4.69) is 5.32 Å². The summed E-state index contributed by atoms with van der Waals surface area (Å²) in [7, 11) is 0. The van der Waals surface area contributed by atoms with Crippen LogP contribution in [0.4, 0.5) is 0 Å². The molecule has 9 heavy (non-hydrogen) atoms. The SMILES string of the molecule is O=C(O)CNC(=O)CCl. The Kier molecular flexibility index (Phi) is 3.79. The predicted molar refractivity (Wildman–Crippen MR) is 31.4 cm³/mol. The lowest BCUT2D eigenvalue weighted by atomic mass is 10.6. The molecule has 5 heteroatoms. The summed E-state index contributed by atoms with van der Waals surface area (Å²) >= 11 is 5.03. The highest BCUT2D eigenvalue weighted by atomic mass is 35.5. The van der Waals surface area contributed by atoms with Gasteiger partial charge < -0.3 is 10.4 Å². The van der Waals surface area contributed by atoms with Gasteiger partial charge in [0.05, 0.1) is 0 Å². The van der Waals surface area contributed by atoms with E-state index in [0.29, 0.717) is 0 Å². The average molecular weight is 152 g/mol. The van der Waals surface area contributed by atoms with Gasteiger partial charge in [-0.05, 0) is 0 Å². The average Bonchev–Trinajstić information content (AvgIpc) is 1.83. The highest BCUT2D eigenvalue weighted by Gasteiger charge is 1.99. The van der Waals surface area contributed by atoms with Crippen molar-refractivity contribution in [3.8, 4) is 0 Å². The van der Waals surface area contributed by atoms with Gasteiger partial charge in [-0.3, -0.25) is 9.59 Å². The van der Waals surface area contributed by atoms with E-state index >= 15 is 0 Å². The van der Waals surface area contributed by atoms with Crippen molar-refractivity contribution in [3.05, 3.63) is 0 Å². The summed E-state index contributed by atoms with van der Waals surface area (Å²) in [5, 5.41) is 10.1. The van der Waals surface area contributed by atoms with Gasteiger partial charge in [0, 0.05) is 0 Å². The van der Waals surface area contributed by atoms with Gasteiger partial charge >= 0.3 is 5.97 Å². The highest BCUT2D eigenvalue weighted by molar-refractivity contribution is 6.27. The smallest absolute Gasteiger partial charge is 0.322 e. The zero-order chi connectivity index (χ0) is 7.28. The lowest BCUT2D eigenvalue weighted by Crippen LogP contribution is -2.29. The molecule has 0 aromatic rings. The molecule has 0 aromatic heterocycles. The van der Waals surface area contributed by atoms with E-state index < -0.39 is 11.9 Å². The third-order valence-electron chi connectivity index (χ3n) is 0.558. The normalized spacial score (nSPS) is 8.56. The number of carboxylic acid groups (broad SMARTS) is 1. The van der Waals surface area contributed by atoms with Gasteiger partial charge in [0.2, 0.25) is 5.91 Å². The first-order chi connectivity index (χ1) is 4.16. The van der Waals surface area contributed by atoms with Crippen molar-refractivity contribution in [1.82, 2.24) is 5.32 Å². The Morgan fingerprint density at radius 3 is 2.44 bits per heavy atom. The fourth-order valence-corrected chi connectivity index (χ4v) is 0.316. The number of hydrogen-bond donors (Lipinski definition) is 2. The van der Waals surface area contributed by atoms with Gasteiger partial charge in [-0.15, -0.1) is 11.6 Å². The van der Waals surface area contributed by atoms with Gasteiger partial charge in [0.15, 0.2) is 0 Å². The molecule has 0 saturated carbocycles. The van der Waals surface area contributed by atoms with Crippen molar-refractivity contribution >= 4 is 23.5 Å². The van der Waals surface area contributed by atoms with E-state index in [9.17, 15) is 9.59 Å². The van der Waals surface area contributed by atoms with E-state index in [1.54, 1.807) is 0 Å². The number of carboxylic acids is 1. The molecule has 0 bridgehead atoms. The van der Waals surface area contributed by atoms with Crippen LogP contribution < -0.4 is 5.32 Å². The molecule has 0 aliphatic carbocycles. The largest absolute Gasteiger partial charge is 0.480 e. The molecule has 0 atom stereocenters. The van der Waals surface area contributed by atoms with Crippen molar-refractivity contribution in [2.24, 2.45) is 0 Å². The molecule has 52 valence electrons. The Balaban J connectivity index is 3.28. The number of halogens is 1. The molecular formula is C4H6ClNO3. The molecule has 0 aliphatic rings. The van der Waals surface area contributed by atoms with Crippen molar-refractivity contribution < 1.29 is 14.7 Å². The molecule has 1 amide bonds. The number of carbonyl (C=O) groups excluding carboxylic acids is 1. The third kappa shape index (κ3) is 5.10. The summed E-state index contributed by atoms with van der Waals surface area (Å²) in [4.78, 5) is 20.0. The minimum Gasteiger partial charge on any atom is -0.480 e. The van der Waals surface area contributed by atoms with Gasteiger partial charge in [-0.25, -0.2) is 0 Å². The topological polar surface area (TPSA) is 66.4 Å². The summed E-state index contributed by atoms with van der Waals surface area (Å²) in [6.45, 7) is -0.369. The molecule has 0 fully saturated rings. The number of aliphatic carboxylic acids is 1. The van der Waals surface area contributed by atoms with Crippen LogP contribution in [0.15, 0.2) is 0 Å². The van der Waals surface area contributed by atoms with Crippen LogP contribution in [0, 0.1) is 0 Å². The second-order valence-electron chi connectivity index (χ2n) is 1.30. The summed E-state index contributed by atoms with van der Waals surface area (Å²) < 4.78 is 0. The summed E-state index contributed by atoms with van der Waals surface area (Å²) in [5.74, 6) is -1.75. The molecule has 0 radical (unpaired) electrons. The van der Waals surface area contributed by atoms with Crippen LogP contribution in [-0.2, 0) is 9.59 Å². The first-order valence-corrected chi connectivity index (χ1v) is 2.74. The molecule has 0 rings (SSSR count). The first-order valence-electron chi connectivity index (χ1n) is 2.21. The maximum absolute atomic E-state index is 10.2. The van der Waals surface area contributed by atoms with Crippen LogP contribution in [0.2, 0.25) is 0 Å². The fourth-order valence-electron chi connectivity index (χ4n) is 0.221.